The van der Waals surface area contributed by atoms with Crippen molar-refractivity contribution in [3.8, 4) is 0 Å². The zero-order valence-corrected chi connectivity index (χ0v) is 80.5. The summed E-state index contributed by atoms with van der Waals surface area (Å²) in [5.41, 5.74) is 0. The molecule has 0 aliphatic carbocycles. The maximum Gasteiger partial charge on any atom is 0.364 e. The first-order chi connectivity index (χ1) is 71.0. The van der Waals surface area contributed by atoms with Gasteiger partial charge in [0.25, 0.3) is 5.79 Å². The predicted molar refractivity (Wildman–Crippen MR) is 461 cm³/mol. The summed E-state index contributed by atoms with van der Waals surface area (Å²) >= 11 is 0. The van der Waals surface area contributed by atoms with Crippen molar-refractivity contribution in [2.75, 3.05) is 85.9 Å². The Labute approximate surface area is 848 Å². The van der Waals surface area contributed by atoms with Gasteiger partial charge in [0.1, 0.15) is 262 Å². The van der Waals surface area contributed by atoms with Gasteiger partial charge in [-0.2, -0.15) is 0 Å². The van der Waals surface area contributed by atoms with Crippen molar-refractivity contribution in [2.24, 2.45) is 0 Å². The van der Waals surface area contributed by atoms with Crippen LogP contribution in [0.3, 0.4) is 0 Å². The minimum Gasteiger partial charge on any atom is -0.477 e. The molecule has 150 heavy (non-hydrogen) atoms. The Morgan fingerprint density at radius 3 is 0.933 bits per heavy atom. The molecular formula is C83H138N6O61. The van der Waals surface area contributed by atoms with E-state index in [1.165, 1.54) is 0 Å². The second kappa shape index (κ2) is 55.1. The van der Waals surface area contributed by atoms with Gasteiger partial charge in [0.15, 0.2) is 62.9 Å². The highest BCUT2D eigenvalue weighted by molar-refractivity contribution is 5.77. The number of hydrogen-bond donors (Lipinski definition) is 38. The summed E-state index contributed by atoms with van der Waals surface area (Å²) in [4.78, 5) is 89.4. The van der Waals surface area contributed by atoms with E-state index in [-0.39, 0.29) is 6.41 Å². The van der Waals surface area contributed by atoms with E-state index in [0.717, 1.165) is 34.6 Å². The first kappa shape index (κ1) is 124. The van der Waals surface area contributed by atoms with Gasteiger partial charge in [-0.15, -0.1) is 0 Å². The number of rotatable bonds is 45. The highest BCUT2D eigenvalue weighted by Crippen LogP contribution is 2.44. The molecule has 11 fully saturated rings. The largest absolute Gasteiger partial charge is 0.477 e. The summed E-state index contributed by atoms with van der Waals surface area (Å²) < 4.78 is 130. The molecule has 57 atom stereocenters. The normalized spacial score (nSPS) is 46.3. The molecule has 0 aromatic carbocycles. The van der Waals surface area contributed by atoms with Crippen molar-refractivity contribution in [3.63, 3.8) is 0 Å². The van der Waals surface area contributed by atoms with Gasteiger partial charge in [-0.1, -0.05) is 0 Å². The van der Waals surface area contributed by atoms with Crippen LogP contribution in [0.2, 0.25) is 0 Å². The quantitative estimate of drug-likeness (QED) is 0.0252. The molecule has 67 heteroatoms. The minimum absolute atomic E-state index is 0.239. The van der Waals surface area contributed by atoms with Crippen LogP contribution in [0.25, 0.3) is 0 Å². The number of carboxylic acid groups (broad SMARTS) is 1. The van der Waals surface area contributed by atoms with Gasteiger partial charge < -0.3 is 300 Å². The Kier molecular flexibility index (Phi) is 45.7. The molecule has 6 amide bonds. The van der Waals surface area contributed by atoms with Crippen molar-refractivity contribution in [1.82, 2.24) is 31.9 Å². The van der Waals surface area contributed by atoms with Crippen LogP contribution in [0.5, 0.6) is 0 Å². The van der Waals surface area contributed by atoms with Crippen molar-refractivity contribution < 1.29 is 301 Å². The summed E-state index contributed by atoms with van der Waals surface area (Å²) in [5, 5.41) is 373. The molecule has 0 bridgehead atoms. The molecule has 0 radical (unpaired) electrons. The van der Waals surface area contributed by atoms with Crippen LogP contribution in [0, 0.1) is 0 Å². The lowest BCUT2D eigenvalue weighted by molar-refractivity contribution is -0.391. The maximum absolute atomic E-state index is 13.4. The average Bonchev–Trinajstić information content (AvgIpc) is 0.750. The number of ether oxygens (including phenoxy) is 22. The third-order valence-corrected chi connectivity index (χ3v) is 26.9. The number of carboxylic acids is 1. The highest BCUT2D eigenvalue weighted by Gasteiger charge is 2.65. The number of carbonyl (C=O) groups excluding carboxylic acids is 6. The van der Waals surface area contributed by atoms with Crippen LogP contribution < -0.4 is 31.9 Å². The fraction of sp³-hybridized carbons (Fsp3) is 0.916. The topological polar surface area (TPSA) is 1040 Å². The van der Waals surface area contributed by atoms with Crippen molar-refractivity contribution in [2.45, 2.75) is 390 Å². The molecule has 11 heterocycles. The summed E-state index contributed by atoms with van der Waals surface area (Å²) in [7, 11) is 0. The smallest absolute Gasteiger partial charge is 0.364 e. The number of amides is 6. The van der Waals surface area contributed by atoms with Crippen molar-refractivity contribution in [1.29, 1.82) is 0 Å². The molecule has 0 unspecified atom stereocenters. The minimum atomic E-state index is -3.35. The van der Waals surface area contributed by atoms with E-state index in [9.17, 15) is 197 Å². The van der Waals surface area contributed by atoms with E-state index in [4.69, 9.17) is 104 Å². The summed E-state index contributed by atoms with van der Waals surface area (Å²) in [5.74, 6) is -10.5. The Morgan fingerprint density at radius 1 is 0.307 bits per heavy atom. The van der Waals surface area contributed by atoms with Crippen LogP contribution >= 0.6 is 0 Å². The van der Waals surface area contributed by atoms with Crippen molar-refractivity contribution >= 4 is 41.9 Å². The molecule has 0 saturated carbocycles. The van der Waals surface area contributed by atoms with E-state index in [2.05, 4.69) is 31.9 Å². The molecule has 11 rings (SSSR count). The second-order valence-corrected chi connectivity index (χ2v) is 37.5. The number of hydrogen-bond acceptors (Lipinski definition) is 60. The zero-order valence-electron chi connectivity index (χ0n) is 80.5. The highest BCUT2D eigenvalue weighted by atomic mass is 16.8. The predicted octanol–water partition coefficient (Wildman–Crippen LogP) is -25.9. The van der Waals surface area contributed by atoms with Crippen LogP contribution in [0.1, 0.15) is 41.0 Å². The lowest BCUT2D eigenvalue weighted by Crippen LogP contribution is -2.71. The summed E-state index contributed by atoms with van der Waals surface area (Å²) in [6.45, 7) is -9.48. The van der Waals surface area contributed by atoms with Gasteiger partial charge >= 0.3 is 5.97 Å². The molecule has 11 aliphatic heterocycles. The van der Waals surface area contributed by atoms with Gasteiger partial charge in [0, 0.05) is 41.0 Å². The summed E-state index contributed by atoms with van der Waals surface area (Å²) in [6, 6.07) is -10.9. The third kappa shape index (κ3) is 28.2. The second-order valence-electron chi connectivity index (χ2n) is 37.5. The fourth-order valence-electron chi connectivity index (χ4n) is 19.1. The van der Waals surface area contributed by atoms with Gasteiger partial charge in [-0.05, 0) is 0 Å². The van der Waals surface area contributed by atoms with E-state index in [0.29, 0.717) is 0 Å². The zero-order chi connectivity index (χ0) is 111. The Bertz CT molecular complexity index is 4230. The number of nitrogens with one attached hydrogen (secondary N) is 6. The van der Waals surface area contributed by atoms with Crippen LogP contribution in [-0.4, -0.2) is 640 Å². The molecule has 11 aliphatic rings. The van der Waals surface area contributed by atoms with E-state index in [1.807, 2.05) is 0 Å². The molecule has 11 saturated heterocycles. The first-order valence-corrected chi connectivity index (χ1v) is 47.5. The van der Waals surface area contributed by atoms with E-state index < -0.39 is 477 Å². The third-order valence-electron chi connectivity index (χ3n) is 26.9. The molecule has 0 aromatic heterocycles. The van der Waals surface area contributed by atoms with Crippen molar-refractivity contribution in [3.05, 3.63) is 0 Å². The van der Waals surface area contributed by atoms with Crippen LogP contribution in [0.15, 0.2) is 0 Å². The molecule has 866 valence electrons. The number of aliphatic hydroxyl groups is 31. The lowest BCUT2D eigenvalue weighted by Gasteiger charge is -2.51. The number of aliphatic carboxylic acids is 1. The number of carbonyl (C=O) groups is 7. The summed E-state index contributed by atoms with van der Waals surface area (Å²) in [6.07, 6.45) is -109. The van der Waals surface area contributed by atoms with Crippen LogP contribution in [0.4, 0.5) is 0 Å². The monoisotopic (exact) mass is 2190 g/mol. The first-order valence-electron chi connectivity index (χ1n) is 47.5. The molecule has 67 nitrogen and oxygen atoms in total. The van der Waals surface area contributed by atoms with Gasteiger partial charge in [0.05, 0.1) is 104 Å². The molecule has 0 aromatic rings. The average molecular weight is 2200 g/mol. The molecule has 0 spiro atoms. The Balaban J connectivity index is 0.836. The molecule has 38 N–H and O–H groups in total. The Morgan fingerprint density at radius 2 is 0.587 bits per heavy atom. The SMILES string of the molecule is CC(=O)N[C@H]1[C@H](OC[C@H]2O[C@@H](O[C@H]3[C@H](O)[C@@H](NC(C)=O)[C@H](OC[C@H]4O[C@@H](O[C@H]5[C@H](O)[C@@H](NC(C)=O)[C@H](O[C@H]6[C@@H](O)[C@@H](CO)O[C@@H](O[C@H]7[C@H](O)[C@@H](O)[C@H](OC[C@@H](CO)NC=O)O[C@@H]7CO)[C@@H]6O)O[C@@H]5CO)[C@H](O)[C@@H](O)[C@H]4O)O[C@@H]3CO)[C@H](O)[C@@H](O[C@@H]3O[C@H](CO)[C@@H](O[C@@H]4O[C@H](CO)[C@H](O)[C@H](O[C@]5(C(=O)O)C[C@H](O)[C@@H](NC(C)=O)[C@H]([C@H](O)[C@H](O)CO)O5)[C@H]4O)[C@H](O)[C@H]3NC(C)=O)[C@H]2O)O[C@H](CO)[C@@H](O[C@@H]2O[C@H](CO)[C@H](O)[C@H](O)[C@H]2O)[C@@H]1O. The van der Waals surface area contributed by atoms with Gasteiger partial charge in [-0.25, -0.2) is 4.79 Å². The number of aliphatic hydroxyl groups excluding tert-OH is 31. The van der Waals surface area contributed by atoms with E-state index >= 15 is 0 Å². The van der Waals surface area contributed by atoms with Crippen LogP contribution in [-0.2, 0) is 138 Å². The maximum atomic E-state index is 13.4. The standard InChI is InChI=1S/C83H138N6O61/c1-21(101)85-39-27(106)6-83(82(127)128,149-68(39)44(108)28(107)8-91)150-71-48(112)31(11-94)134-81(62(71)126)145-66-35(15-98)138-75(43(53(66)117)89-25(5)105)148-70-49(113)38(19-131-73-40(86-22(2)102)50(114)63(32(12-95)135-73)142-77-57(121)54(118)45(109)29(9-92)132-77)141-80(61(70)125)144-64-33(13-96)136-72(41(51(64)115)87-23(3)103)130-18-37-46(110)55(119)58(122)78(140-37)143-65-34(14-97)137-74(42(52(65)116)88-24(4)104)147-69-47(111)30(10-93)133-79(60(69)124)146-67-36(16-99)139-76(59(123)56(67)120)129-17-26(7-90)84-20-100/h20,26-81,90-99,106-126H,6-19H2,1-5H3,(H,84,100)(H,85,101)(H,86,102)(H,87,103)(H,88,104)(H,89,105)(H,127,128)/t26-,27+,28-,29-,30-,31-,32-,33-,34-,35-,36-,37-,38-,39-,40-,41-,42-,43-,44-,45+,46+,47+,48+,49+,50-,51-,52-,53-,54+,55+,56-,57-,58-,59-,60-,61-,62-,63-,64-,65-,66-,67-,68-,69+,70+,71+,72-,73-,74+,75+,76-,77+,78+,79+,80+,81+,83+/m1/s1. The van der Waals surface area contributed by atoms with Gasteiger partial charge in [-0.3, -0.25) is 28.8 Å². The Hall–Kier alpha value is -5.83. The fourth-order valence-corrected chi connectivity index (χ4v) is 19.1. The van der Waals surface area contributed by atoms with E-state index in [1.54, 1.807) is 0 Å². The molecular weight excluding hydrogens is 2060 g/mol. The van der Waals surface area contributed by atoms with Gasteiger partial charge in [0.2, 0.25) is 35.9 Å². The lowest BCUT2D eigenvalue weighted by atomic mass is 9.88.